The molecular weight excluding hydrogens is 314 g/mol. The molecule has 2 atom stereocenters. The number of likely N-dealkylation sites (tertiary alicyclic amines) is 1. The minimum Gasteiger partial charge on any atom is -0.497 e. The zero-order valence-electron chi connectivity index (χ0n) is 14.8. The molecule has 0 bridgehead atoms. The molecule has 5 nitrogen and oxygen atoms in total. The third-order valence-electron chi connectivity index (χ3n) is 4.84. The number of nitrogens with zero attached hydrogens (tertiary/aromatic N) is 2. The number of carbonyl (C=O) groups excluding carboxylic acids is 1. The van der Waals surface area contributed by atoms with E-state index in [1.54, 1.807) is 13.2 Å². The van der Waals surface area contributed by atoms with Crippen LogP contribution in [0.1, 0.15) is 30.3 Å². The van der Waals surface area contributed by atoms with E-state index in [4.69, 9.17) is 10.5 Å². The number of benzene rings is 1. The maximum Gasteiger partial charge on any atom is 0.272 e. The molecular formula is C20H25N3O2. The predicted octanol–water partition coefficient (Wildman–Crippen LogP) is 2.96. The fourth-order valence-corrected chi connectivity index (χ4v) is 3.26. The quantitative estimate of drug-likeness (QED) is 0.930. The van der Waals surface area contributed by atoms with E-state index in [0.29, 0.717) is 18.2 Å². The Balaban J connectivity index is 1.79. The van der Waals surface area contributed by atoms with Crippen LogP contribution in [-0.4, -0.2) is 42.0 Å². The molecule has 0 radical (unpaired) electrons. The number of amides is 1. The van der Waals surface area contributed by atoms with Crippen molar-refractivity contribution in [1.82, 2.24) is 9.88 Å². The van der Waals surface area contributed by atoms with Crippen molar-refractivity contribution in [2.45, 2.75) is 25.8 Å². The van der Waals surface area contributed by atoms with Crippen molar-refractivity contribution < 1.29 is 9.53 Å². The molecule has 0 aliphatic carbocycles. The van der Waals surface area contributed by atoms with Gasteiger partial charge in [0, 0.05) is 24.7 Å². The van der Waals surface area contributed by atoms with Crippen molar-refractivity contribution in [1.29, 1.82) is 0 Å². The summed E-state index contributed by atoms with van der Waals surface area (Å²) in [6.07, 6.45) is 2.08. The first-order valence-electron chi connectivity index (χ1n) is 8.75. The second kappa shape index (κ2) is 7.66. The summed E-state index contributed by atoms with van der Waals surface area (Å²) in [5, 5.41) is 0. The average molecular weight is 339 g/mol. The minimum atomic E-state index is -0.0132. The molecule has 0 saturated carbocycles. The lowest BCUT2D eigenvalue weighted by Gasteiger charge is -2.34. The van der Waals surface area contributed by atoms with E-state index in [9.17, 15) is 4.79 Å². The van der Waals surface area contributed by atoms with E-state index in [1.165, 1.54) is 0 Å². The molecule has 2 aromatic rings. The second-order valence-corrected chi connectivity index (χ2v) is 6.65. The summed E-state index contributed by atoms with van der Waals surface area (Å²) in [5.41, 5.74) is 8.26. The smallest absolute Gasteiger partial charge is 0.272 e. The van der Waals surface area contributed by atoms with Crippen LogP contribution in [0, 0.1) is 5.92 Å². The summed E-state index contributed by atoms with van der Waals surface area (Å²) in [7, 11) is 1.64. The monoisotopic (exact) mass is 339 g/mol. The van der Waals surface area contributed by atoms with Crippen LogP contribution in [0.15, 0.2) is 42.5 Å². The van der Waals surface area contributed by atoms with Gasteiger partial charge in [-0.3, -0.25) is 4.79 Å². The highest BCUT2D eigenvalue weighted by Gasteiger charge is 2.27. The van der Waals surface area contributed by atoms with Crippen molar-refractivity contribution in [2.24, 2.45) is 11.7 Å². The normalized spacial score (nSPS) is 18.7. The number of hydrogen-bond acceptors (Lipinski definition) is 4. The molecule has 2 N–H and O–H groups in total. The van der Waals surface area contributed by atoms with E-state index in [0.717, 1.165) is 36.4 Å². The molecule has 1 aromatic carbocycles. The van der Waals surface area contributed by atoms with Crippen LogP contribution in [-0.2, 0) is 0 Å². The van der Waals surface area contributed by atoms with Gasteiger partial charge in [-0.1, -0.05) is 6.07 Å². The SMILES string of the molecule is COc1ccc(-c2cccc(C(=O)N3CCCC(C(C)N)C3)n2)cc1. The number of piperidine rings is 1. The van der Waals surface area contributed by atoms with Gasteiger partial charge in [0.2, 0.25) is 0 Å². The summed E-state index contributed by atoms with van der Waals surface area (Å²) in [5.74, 6) is 1.15. The molecule has 1 amide bonds. The third kappa shape index (κ3) is 3.99. The standard InChI is InChI=1S/C20H25N3O2/c1-14(21)16-5-4-12-23(13-16)20(24)19-7-3-6-18(22-19)15-8-10-17(25-2)11-9-15/h3,6-11,14,16H,4-5,12-13,21H2,1-2H3. The van der Waals surface area contributed by atoms with Gasteiger partial charge in [-0.25, -0.2) is 4.98 Å². The van der Waals surface area contributed by atoms with Gasteiger partial charge in [-0.15, -0.1) is 0 Å². The lowest BCUT2D eigenvalue weighted by Crippen LogP contribution is -2.45. The van der Waals surface area contributed by atoms with Gasteiger partial charge in [0.05, 0.1) is 12.8 Å². The average Bonchev–Trinajstić information content (AvgIpc) is 2.67. The number of hydrogen-bond donors (Lipinski definition) is 1. The molecule has 2 unspecified atom stereocenters. The largest absolute Gasteiger partial charge is 0.497 e. The Bertz CT molecular complexity index is 728. The molecule has 3 rings (SSSR count). The number of aromatic nitrogens is 1. The van der Waals surface area contributed by atoms with E-state index < -0.39 is 0 Å². The minimum absolute atomic E-state index is 0.0132. The van der Waals surface area contributed by atoms with Crippen LogP contribution in [0.5, 0.6) is 5.75 Å². The van der Waals surface area contributed by atoms with E-state index in [2.05, 4.69) is 4.98 Å². The van der Waals surface area contributed by atoms with Gasteiger partial charge in [0.1, 0.15) is 11.4 Å². The highest BCUT2D eigenvalue weighted by Crippen LogP contribution is 2.23. The van der Waals surface area contributed by atoms with Crippen molar-refractivity contribution in [3.63, 3.8) is 0 Å². The molecule has 25 heavy (non-hydrogen) atoms. The maximum atomic E-state index is 12.9. The molecule has 1 aromatic heterocycles. The van der Waals surface area contributed by atoms with Gasteiger partial charge >= 0.3 is 0 Å². The number of ether oxygens (including phenoxy) is 1. The van der Waals surface area contributed by atoms with E-state index in [1.807, 2.05) is 48.2 Å². The van der Waals surface area contributed by atoms with Crippen LogP contribution >= 0.6 is 0 Å². The maximum absolute atomic E-state index is 12.9. The summed E-state index contributed by atoms with van der Waals surface area (Å²) in [4.78, 5) is 19.3. The molecule has 1 fully saturated rings. The van der Waals surface area contributed by atoms with Gasteiger partial charge in [0.25, 0.3) is 5.91 Å². The number of nitrogens with two attached hydrogens (primary N) is 1. The lowest BCUT2D eigenvalue weighted by atomic mass is 9.92. The third-order valence-corrected chi connectivity index (χ3v) is 4.84. The first-order chi connectivity index (χ1) is 12.1. The van der Waals surface area contributed by atoms with Crippen LogP contribution < -0.4 is 10.5 Å². The van der Waals surface area contributed by atoms with Gasteiger partial charge in [-0.2, -0.15) is 0 Å². The molecule has 1 saturated heterocycles. The highest BCUT2D eigenvalue weighted by molar-refractivity contribution is 5.93. The fraction of sp³-hybridized carbons (Fsp3) is 0.400. The Morgan fingerprint density at radius 1 is 1.28 bits per heavy atom. The number of methoxy groups -OCH3 is 1. The zero-order chi connectivity index (χ0) is 17.8. The Labute approximate surface area is 148 Å². The first-order valence-corrected chi connectivity index (χ1v) is 8.75. The molecule has 132 valence electrons. The summed E-state index contributed by atoms with van der Waals surface area (Å²) in [6.45, 7) is 3.50. The highest BCUT2D eigenvalue weighted by atomic mass is 16.5. The van der Waals surface area contributed by atoms with Crippen LogP contribution in [0.3, 0.4) is 0 Å². The lowest BCUT2D eigenvalue weighted by molar-refractivity contribution is 0.0655. The van der Waals surface area contributed by atoms with Crippen molar-refractivity contribution >= 4 is 5.91 Å². The molecule has 1 aliphatic heterocycles. The predicted molar refractivity (Wildman–Crippen MR) is 98.5 cm³/mol. The van der Waals surface area contributed by atoms with Crippen molar-refractivity contribution in [3.8, 4) is 17.0 Å². The molecule has 5 heteroatoms. The van der Waals surface area contributed by atoms with Crippen LogP contribution in [0.25, 0.3) is 11.3 Å². The number of carbonyl (C=O) groups is 1. The summed E-state index contributed by atoms with van der Waals surface area (Å²) in [6, 6.07) is 13.4. The van der Waals surface area contributed by atoms with Crippen LogP contribution in [0.2, 0.25) is 0 Å². The fourth-order valence-electron chi connectivity index (χ4n) is 3.26. The Kier molecular flexibility index (Phi) is 5.34. The van der Waals surface area contributed by atoms with Crippen LogP contribution in [0.4, 0.5) is 0 Å². The molecule has 2 heterocycles. The second-order valence-electron chi connectivity index (χ2n) is 6.65. The van der Waals surface area contributed by atoms with Gasteiger partial charge < -0.3 is 15.4 Å². The van der Waals surface area contributed by atoms with Gasteiger partial charge in [-0.05, 0) is 62.1 Å². The first kappa shape index (κ1) is 17.4. The number of rotatable bonds is 4. The summed E-state index contributed by atoms with van der Waals surface area (Å²) >= 11 is 0. The summed E-state index contributed by atoms with van der Waals surface area (Å²) < 4.78 is 5.18. The Morgan fingerprint density at radius 2 is 2.04 bits per heavy atom. The molecule has 1 aliphatic rings. The zero-order valence-corrected chi connectivity index (χ0v) is 14.8. The Morgan fingerprint density at radius 3 is 2.72 bits per heavy atom. The van der Waals surface area contributed by atoms with Crippen molar-refractivity contribution in [3.05, 3.63) is 48.2 Å². The van der Waals surface area contributed by atoms with Gasteiger partial charge in [0.15, 0.2) is 0 Å². The Hall–Kier alpha value is -2.40. The van der Waals surface area contributed by atoms with E-state index >= 15 is 0 Å². The molecule has 0 spiro atoms. The number of pyridine rings is 1. The van der Waals surface area contributed by atoms with E-state index in [-0.39, 0.29) is 11.9 Å². The topological polar surface area (TPSA) is 68.5 Å². The van der Waals surface area contributed by atoms with Crippen molar-refractivity contribution in [2.75, 3.05) is 20.2 Å².